The summed E-state index contributed by atoms with van der Waals surface area (Å²) in [6.45, 7) is 6.45. The van der Waals surface area contributed by atoms with Gasteiger partial charge in [0.25, 0.3) is 11.9 Å². The summed E-state index contributed by atoms with van der Waals surface area (Å²) < 4.78 is 5.96. The van der Waals surface area contributed by atoms with Crippen molar-refractivity contribution in [1.29, 1.82) is 0 Å². The van der Waals surface area contributed by atoms with Crippen LogP contribution in [0.1, 0.15) is 30.1 Å². The van der Waals surface area contributed by atoms with Crippen LogP contribution in [0.3, 0.4) is 0 Å². The molecule has 0 aliphatic carbocycles. The number of benzene rings is 1. The molecule has 3 aliphatic rings. The number of likely N-dealkylation sites (N-methyl/N-ethyl adjacent to an activating group) is 1. The van der Waals surface area contributed by atoms with Gasteiger partial charge in [-0.15, -0.1) is 12.4 Å². The third-order valence-corrected chi connectivity index (χ3v) is 5.28. The normalized spacial score (nSPS) is 25.5. The summed E-state index contributed by atoms with van der Waals surface area (Å²) in [6, 6.07) is 6.36. The Kier molecular flexibility index (Phi) is 4.69. The molecular weight excluding hydrogens is 328 g/mol. The number of amides is 1. The van der Waals surface area contributed by atoms with E-state index in [1.807, 2.05) is 6.07 Å². The molecule has 6 nitrogen and oxygen atoms in total. The Labute approximate surface area is 147 Å². The number of fused-ring (bicyclic) bond motifs is 4. The number of halogens is 1. The molecule has 2 aromatic rings. The second kappa shape index (κ2) is 6.61. The van der Waals surface area contributed by atoms with E-state index in [-0.39, 0.29) is 12.4 Å². The lowest BCUT2D eigenvalue weighted by Crippen LogP contribution is -2.57. The highest BCUT2D eigenvalue weighted by atomic mass is 35.5. The van der Waals surface area contributed by atoms with E-state index in [0.29, 0.717) is 34.6 Å². The van der Waals surface area contributed by atoms with Gasteiger partial charge < -0.3 is 20.0 Å². The fraction of sp³-hybridized carbons (Fsp3) is 0.529. The summed E-state index contributed by atoms with van der Waals surface area (Å²) in [5.41, 5.74) is 7.05. The lowest BCUT2D eigenvalue weighted by molar-refractivity contribution is 0.0838. The molecule has 7 heteroatoms. The summed E-state index contributed by atoms with van der Waals surface area (Å²) >= 11 is 0. The number of hydrogen-bond acceptors (Lipinski definition) is 5. The highest BCUT2D eigenvalue weighted by Gasteiger charge is 2.38. The van der Waals surface area contributed by atoms with E-state index < -0.39 is 5.91 Å². The number of piperidine rings is 3. The van der Waals surface area contributed by atoms with Crippen molar-refractivity contribution in [2.75, 3.05) is 31.1 Å². The fourth-order valence-corrected chi connectivity index (χ4v) is 4.06. The SMILES string of the molecule is CCN(c1nc2c(C(N)=O)cccc2o1)C1CN2CCC1CC2.Cl. The van der Waals surface area contributed by atoms with Gasteiger partial charge in [0.2, 0.25) is 0 Å². The van der Waals surface area contributed by atoms with Gasteiger partial charge in [-0.3, -0.25) is 4.79 Å². The summed E-state index contributed by atoms with van der Waals surface area (Å²) in [7, 11) is 0. The topological polar surface area (TPSA) is 75.6 Å². The zero-order valence-electron chi connectivity index (χ0n) is 13.8. The summed E-state index contributed by atoms with van der Waals surface area (Å²) in [5.74, 6) is 0.229. The van der Waals surface area contributed by atoms with Gasteiger partial charge in [-0.2, -0.15) is 4.98 Å². The van der Waals surface area contributed by atoms with Crippen molar-refractivity contribution in [2.24, 2.45) is 11.7 Å². The molecule has 2 N–H and O–H groups in total. The van der Waals surface area contributed by atoms with Crippen LogP contribution in [0.4, 0.5) is 6.01 Å². The van der Waals surface area contributed by atoms with E-state index in [1.54, 1.807) is 12.1 Å². The number of carbonyl (C=O) groups is 1. The molecule has 5 rings (SSSR count). The molecule has 1 aromatic carbocycles. The number of rotatable bonds is 4. The molecule has 1 aromatic heterocycles. The van der Waals surface area contributed by atoms with Crippen molar-refractivity contribution in [2.45, 2.75) is 25.8 Å². The maximum absolute atomic E-state index is 11.6. The van der Waals surface area contributed by atoms with Crippen LogP contribution in [0, 0.1) is 5.92 Å². The minimum Gasteiger partial charge on any atom is -0.423 e. The molecule has 2 bridgehead atoms. The molecule has 1 atom stereocenters. The van der Waals surface area contributed by atoms with Gasteiger partial charge in [-0.1, -0.05) is 6.07 Å². The molecule has 0 saturated carbocycles. The Hall–Kier alpha value is -1.79. The smallest absolute Gasteiger partial charge is 0.298 e. The zero-order valence-corrected chi connectivity index (χ0v) is 14.6. The Morgan fingerprint density at radius 1 is 1.42 bits per heavy atom. The van der Waals surface area contributed by atoms with E-state index in [1.165, 1.54) is 25.9 Å². The number of anilines is 1. The van der Waals surface area contributed by atoms with Gasteiger partial charge in [0.1, 0.15) is 5.52 Å². The molecule has 1 amide bonds. The van der Waals surface area contributed by atoms with Gasteiger partial charge in [-0.25, -0.2) is 0 Å². The first-order valence-electron chi connectivity index (χ1n) is 8.35. The molecule has 3 aliphatic heterocycles. The van der Waals surface area contributed by atoms with Crippen LogP contribution in [0.2, 0.25) is 0 Å². The monoisotopic (exact) mass is 350 g/mol. The molecule has 4 heterocycles. The summed E-state index contributed by atoms with van der Waals surface area (Å²) in [4.78, 5) is 21.0. The minimum absolute atomic E-state index is 0. The molecule has 3 saturated heterocycles. The molecule has 0 spiro atoms. The predicted octanol–water partition coefficient (Wildman–Crippen LogP) is 2.27. The zero-order chi connectivity index (χ0) is 16.0. The van der Waals surface area contributed by atoms with Crippen molar-refractivity contribution in [3.63, 3.8) is 0 Å². The van der Waals surface area contributed by atoms with Gasteiger partial charge in [-0.05, 0) is 50.9 Å². The average Bonchev–Trinajstić information content (AvgIpc) is 3.00. The van der Waals surface area contributed by atoms with Crippen molar-refractivity contribution in [3.05, 3.63) is 23.8 Å². The number of nitrogens with two attached hydrogens (primary N) is 1. The standard InChI is InChI=1S/C17H22N4O2.ClH/c1-2-21(13-10-20-8-6-11(13)7-9-20)17-19-15-12(16(18)22)4-3-5-14(15)23-17;/h3-5,11,13H,2,6-10H2,1H3,(H2,18,22);1H. The highest BCUT2D eigenvalue weighted by Crippen LogP contribution is 2.34. The quantitative estimate of drug-likeness (QED) is 0.915. The molecule has 0 radical (unpaired) electrons. The van der Waals surface area contributed by atoms with Crippen LogP contribution in [0.5, 0.6) is 0 Å². The largest absolute Gasteiger partial charge is 0.423 e. The van der Waals surface area contributed by atoms with E-state index in [2.05, 4.69) is 21.7 Å². The first-order chi connectivity index (χ1) is 11.2. The maximum atomic E-state index is 11.6. The van der Waals surface area contributed by atoms with Crippen LogP contribution in [0.15, 0.2) is 22.6 Å². The van der Waals surface area contributed by atoms with Gasteiger partial charge in [0, 0.05) is 19.1 Å². The molecule has 1 unspecified atom stereocenters. The Morgan fingerprint density at radius 3 is 2.75 bits per heavy atom. The number of hydrogen-bond donors (Lipinski definition) is 1. The lowest BCUT2D eigenvalue weighted by Gasteiger charge is -2.48. The van der Waals surface area contributed by atoms with Crippen LogP contribution in [-0.4, -0.2) is 48.0 Å². The fourth-order valence-electron chi connectivity index (χ4n) is 4.06. The summed E-state index contributed by atoms with van der Waals surface area (Å²) in [5, 5.41) is 0. The van der Waals surface area contributed by atoms with E-state index in [9.17, 15) is 4.79 Å². The van der Waals surface area contributed by atoms with Crippen LogP contribution in [-0.2, 0) is 0 Å². The number of nitrogens with zero attached hydrogens (tertiary/aromatic N) is 3. The second-order valence-corrected chi connectivity index (χ2v) is 6.50. The number of para-hydroxylation sites is 1. The van der Waals surface area contributed by atoms with E-state index in [0.717, 1.165) is 13.1 Å². The lowest BCUT2D eigenvalue weighted by atomic mass is 9.83. The number of oxazole rings is 1. The number of aromatic nitrogens is 1. The first kappa shape index (κ1) is 17.0. The van der Waals surface area contributed by atoms with Crippen LogP contribution in [0.25, 0.3) is 11.1 Å². The Balaban J connectivity index is 0.00000169. The molecule has 130 valence electrons. The Bertz CT molecular complexity index is 739. The Morgan fingerprint density at radius 2 is 2.17 bits per heavy atom. The van der Waals surface area contributed by atoms with Crippen LogP contribution < -0.4 is 10.6 Å². The van der Waals surface area contributed by atoms with Crippen LogP contribution >= 0.6 is 12.4 Å². The van der Waals surface area contributed by atoms with E-state index in [4.69, 9.17) is 10.2 Å². The van der Waals surface area contributed by atoms with Crippen molar-refractivity contribution in [3.8, 4) is 0 Å². The van der Waals surface area contributed by atoms with Crippen molar-refractivity contribution >= 4 is 35.4 Å². The minimum atomic E-state index is -0.471. The first-order valence-corrected chi connectivity index (χ1v) is 8.35. The molecule has 3 fully saturated rings. The van der Waals surface area contributed by atoms with Gasteiger partial charge in [0.05, 0.1) is 5.56 Å². The number of carbonyl (C=O) groups excluding carboxylic acids is 1. The van der Waals surface area contributed by atoms with Crippen molar-refractivity contribution < 1.29 is 9.21 Å². The number of primary amides is 1. The highest BCUT2D eigenvalue weighted by molar-refractivity contribution is 6.03. The third kappa shape index (κ3) is 2.74. The van der Waals surface area contributed by atoms with Crippen molar-refractivity contribution in [1.82, 2.24) is 9.88 Å². The average molecular weight is 351 g/mol. The second-order valence-electron chi connectivity index (χ2n) is 6.50. The maximum Gasteiger partial charge on any atom is 0.298 e. The van der Waals surface area contributed by atoms with Gasteiger partial charge >= 0.3 is 0 Å². The third-order valence-electron chi connectivity index (χ3n) is 5.28. The summed E-state index contributed by atoms with van der Waals surface area (Å²) in [6.07, 6.45) is 2.49. The van der Waals surface area contributed by atoms with Gasteiger partial charge in [0.15, 0.2) is 5.58 Å². The van der Waals surface area contributed by atoms with E-state index >= 15 is 0 Å². The molecular formula is C17H23ClN4O2. The predicted molar refractivity (Wildman–Crippen MR) is 95.7 cm³/mol. The molecule has 24 heavy (non-hydrogen) atoms.